The average molecular weight is 460 g/mol. The maximum absolute atomic E-state index is 13.0. The number of hydrogen-bond donors (Lipinski definition) is 1. The molecule has 1 aliphatic rings. The van der Waals surface area contributed by atoms with Crippen molar-refractivity contribution in [3.05, 3.63) is 88.6 Å². The van der Waals surface area contributed by atoms with Crippen LogP contribution in [-0.4, -0.2) is 24.3 Å². The highest BCUT2D eigenvalue weighted by atomic mass is 16.5. The molecule has 2 aromatic rings. The van der Waals surface area contributed by atoms with E-state index in [1.165, 1.54) is 7.11 Å². The first kappa shape index (κ1) is 24.8. The van der Waals surface area contributed by atoms with Crippen LogP contribution in [0.4, 0.5) is 0 Å². The number of nitrogens with two attached hydrogens (primary N) is 1. The third kappa shape index (κ3) is 5.06. The largest absolute Gasteiger partial charge is 0.486 e. The van der Waals surface area contributed by atoms with E-state index in [1.807, 2.05) is 61.5 Å². The van der Waals surface area contributed by atoms with Crippen LogP contribution in [0.5, 0.6) is 0 Å². The van der Waals surface area contributed by atoms with Crippen LogP contribution in [0.1, 0.15) is 56.4 Å². The van der Waals surface area contributed by atoms with Gasteiger partial charge in [-0.25, -0.2) is 9.80 Å². The van der Waals surface area contributed by atoms with Crippen LogP contribution in [0.25, 0.3) is 17.2 Å². The van der Waals surface area contributed by atoms with Gasteiger partial charge in [0.1, 0.15) is 6.61 Å². The number of esters is 1. The van der Waals surface area contributed by atoms with Crippen molar-refractivity contribution in [2.24, 2.45) is 16.8 Å². The second-order valence-electron chi connectivity index (χ2n) is 8.04. The molecule has 1 unspecified atom stereocenters. The van der Waals surface area contributed by atoms with Crippen LogP contribution >= 0.6 is 0 Å². The zero-order valence-electron chi connectivity index (χ0n) is 20.5. The molecule has 34 heavy (non-hydrogen) atoms. The lowest BCUT2D eigenvalue weighted by Crippen LogP contribution is -2.30. The Bertz CT molecular complexity index is 1150. The highest BCUT2D eigenvalue weighted by Gasteiger charge is 2.36. The summed E-state index contributed by atoms with van der Waals surface area (Å²) in [6.45, 7) is 8.26. The number of rotatable bonds is 8. The summed E-state index contributed by atoms with van der Waals surface area (Å²) in [5, 5.41) is 6.09. The summed E-state index contributed by atoms with van der Waals surface area (Å²) < 4.78 is 11.5. The van der Waals surface area contributed by atoms with Gasteiger partial charge in [0.15, 0.2) is 11.5 Å². The Kier molecular flexibility index (Phi) is 8.30. The number of hydrazone groups is 1. The van der Waals surface area contributed by atoms with Crippen molar-refractivity contribution >= 4 is 29.3 Å². The summed E-state index contributed by atoms with van der Waals surface area (Å²) in [6, 6.07) is 15.7. The van der Waals surface area contributed by atoms with Gasteiger partial charge >= 0.3 is 5.97 Å². The van der Waals surface area contributed by atoms with E-state index >= 15 is 0 Å². The van der Waals surface area contributed by atoms with Gasteiger partial charge in [-0.1, -0.05) is 81.0 Å². The van der Waals surface area contributed by atoms with Crippen LogP contribution in [0.3, 0.4) is 0 Å². The molecule has 3 rings (SSSR count). The molecule has 0 saturated heterocycles. The summed E-state index contributed by atoms with van der Waals surface area (Å²) in [7, 11) is 1.35. The van der Waals surface area contributed by atoms with E-state index in [-0.39, 0.29) is 12.3 Å². The summed E-state index contributed by atoms with van der Waals surface area (Å²) in [4.78, 5) is 13.0. The number of methoxy groups -OCH3 is 1. The molecule has 6 heteroatoms. The lowest BCUT2D eigenvalue weighted by Gasteiger charge is -2.33. The van der Waals surface area contributed by atoms with Gasteiger partial charge in [-0.05, 0) is 25.3 Å². The summed E-state index contributed by atoms with van der Waals surface area (Å²) in [5.74, 6) is 0.195. The monoisotopic (exact) mass is 459 g/mol. The molecule has 0 radical (unpaired) electrons. The minimum Gasteiger partial charge on any atom is -0.486 e. The molecule has 6 nitrogen and oxygen atoms in total. The summed E-state index contributed by atoms with van der Waals surface area (Å²) in [5.41, 5.74) is 11.7. The van der Waals surface area contributed by atoms with E-state index in [1.54, 1.807) is 18.1 Å². The molecule has 0 spiro atoms. The second kappa shape index (κ2) is 11.4. The Morgan fingerprint density at radius 1 is 1.15 bits per heavy atom. The number of hydrogen-bond acceptors (Lipinski definition) is 6. The number of carbonyl (C=O) groups is 1. The van der Waals surface area contributed by atoms with E-state index in [2.05, 4.69) is 25.0 Å². The zero-order valence-corrected chi connectivity index (χ0v) is 20.5. The van der Waals surface area contributed by atoms with Gasteiger partial charge in [0, 0.05) is 28.6 Å². The molecule has 1 atom stereocenters. The number of benzene rings is 2. The van der Waals surface area contributed by atoms with Crippen LogP contribution in [0, 0.1) is 5.92 Å². The molecule has 0 bridgehead atoms. The predicted octanol–water partition coefficient (Wildman–Crippen LogP) is 5.77. The minimum absolute atomic E-state index is 0.221. The molecule has 0 amide bonds. The SMILES string of the molecule is C/C=N\N1C(C(=O)OC)=C(OCc2ccccc2)c2cccc(/C(N)=C/C(C)CC)c2/C1=C\C. The van der Waals surface area contributed by atoms with Crippen molar-refractivity contribution in [3.8, 4) is 0 Å². The van der Waals surface area contributed by atoms with Crippen molar-refractivity contribution in [1.82, 2.24) is 5.01 Å². The molecule has 1 heterocycles. The highest BCUT2D eigenvalue weighted by molar-refractivity contribution is 6.02. The third-order valence-electron chi connectivity index (χ3n) is 5.75. The van der Waals surface area contributed by atoms with Gasteiger partial charge < -0.3 is 15.2 Å². The molecule has 2 aromatic carbocycles. The Morgan fingerprint density at radius 3 is 2.50 bits per heavy atom. The standard InChI is InChI=1S/C28H33N3O3/c1-6-19(4)17-23(29)21-15-12-16-22-25(21)24(7-2)31(30-8-3)26(28(32)33-5)27(22)34-18-20-13-10-9-11-14-20/h7-17,19H,6,18,29H2,1-5H3/b23-17-,24-7+,30-8-. The van der Waals surface area contributed by atoms with Gasteiger partial charge in [-0.15, -0.1) is 0 Å². The van der Waals surface area contributed by atoms with Crippen LogP contribution in [-0.2, 0) is 20.9 Å². The normalized spacial score (nSPS) is 16.1. The topological polar surface area (TPSA) is 77.2 Å². The van der Waals surface area contributed by atoms with Crippen LogP contribution < -0.4 is 5.73 Å². The average Bonchev–Trinajstić information content (AvgIpc) is 2.86. The fraction of sp³-hybridized carbons (Fsp3) is 0.286. The molecule has 178 valence electrons. The van der Waals surface area contributed by atoms with E-state index < -0.39 is 5.97 Å². The number of allylic oxidation sites excluding steroid dienone is 2. The van der Waals surface area contributed by atoms with Crippen molar-refractivity contribution in [1.29, 1.82) is 0 Å². The maximum atomic E-state index is 13.0. The van der Waals surface area contributed by atoms with Gasteiger partial charge in [-0.2, -0.15) is 5.10 Å². The number of ether oxygens (including phenoxy) is 2. The molecule has 0 aliphatic carbocycles. The quantitative estimate of drug-likeness (QED) is 0.400. The Hall–Kier alpha value is -3.80. The van der Waals surface area contributed by atoms with Crippen molar-refractivity contribution in [2.45, 2.75) is 40.7 Å². The van der Waals surface area contributed by atoms with Gasteiger partial charge in [-0.3, -0.25) is 0 Å². The second-order valence-corrected chi connectivity index (χ2v) is 8.04. The van der Waals surface area contributed by atoms with Gasteiger partial charge in [0.2, 0.25) is 0 Å². The van der Waals surface area contributed by atoms with Gasteiger partial charge in [0.05, 0.1) is 12.8 Å². The number of fused-ring (bicyclic) bond motifs is 1. The van der Waals surface area contributed by atoms with E-state index in [0.29, 0.717) is 17.4 Å². The van der Waals surface area contributed by atoms with Crippen LogP contribution in [0.15, 0.2) is 71.5 Å². The molecule has 0 saturated carbocycles. The van der Waals surface area contributed by atoms with Crippen molar-refractivity contribution in [3.63, 3.8) is 0 Å². The minimum atomic E-state index is -0.535. The van der Waals surface area contributed by atoms with E-state index in [4.69, 9.17) is 15.2 Å². The van der Waals surface area contributed by atoms with Crippen molar-refractivity contribution in [2.75, 3.05) is 7.11 Å². The molecule has 1 aliphatic heterocycles. The lowest BCUT2D eigenvalue weighted by atomic mass is 9.90. The van der Waals surface area contributed by atoms with Crippen LogP contribution in [0.2, 0.25) is 0 Å². The fourth-order valence-corrected chi connectivity index (χ4v) is 3.88. The first-order chi connectivity index (χ1) is 16.5. The van der Waals surface area contributed by atoms with Crippen molar-refractivity contribution < 1.29 is 14.3 Å². The smallest absolute Gasteiger partial charge is 0.360 e. The fourth-order valence-electron chi connectivity index (χ4n) is 3.88. The maximum Gasteiger partial charge on any atom is 0.360 e. The Balaban J connectivity index is 2.28. The van der Waals surface area contributed by atoms with E-state index in [0.717, 1.165) is 34.4 Å². The van der Waals surface area contributed by atoms with E-state index in [9.17, 15) is 4.79 Å². The number of nitrogens with zero attached hydrogens (tertiary/aromatic N) is 2. The first-order valence-corrected chi connectivity index (χ1v) is 11.5. The molecular formula is C28H33N3O3. The summed E-state index contributed by atoms with van der Waals surface area (Å²) >= 11 is 0. The summed E-state index contributed by atoms with van der Waals surface area (Å²) in [6.07, 6.45) is 6.60. The molecule has 2 N–H and O–H groups in total. The zero-order chi connectivity index (χ0) is 24.7. The number of carbonyl (C=O) groups excluding carboxylic acids is 1. The predicted molar refractivity (Wildman–Crippen MR) is 138 cm³/mol. The molecule has 0 aromatic heterocycles. The molecular weight excluding hydrogens is 426 g/mol. The Labute approximate surface area is 202 Å². The Morgan fingerprint density at radius 2 is 1.88 bits per heavy atom. The van der Waals surface area contributed by atoms with Gasteiger partial charge in [0.25, 0.3) is 0 Å². The molecule has 0 fully saturated rings. The highest BCUT2D eigenvalue weighted by Crippen LogP contribution is 2.43. The lowest BCUT2D eigenvalue weighted by molar-refractivity contribution is -0.137. The first-order valence-electron chi connectivity index (χ1n) is 11.5. The third-order valence-corrected chi connectivity index (χ3v) is 5.75.